The molecule has 0 atom stereocenters. The van der Waals surface area contributed by atoms with Gasteiger partial charge in [0.05, 0.1) is 5.69 Å². The van der Waals surface area contributed by atoms with Gasteiger partial charge in [-0.15, -0.1) is 0 Å². The van der Waals surface area contributed by atoms with Crippen LogP contribution in [0.25, 0.3) is 16.5 Å². The molecule has 0 radical (unpaired) electrons. The quantitative estimate of drug-likeness (QED) is 0.715. The number of hydrogen-bond donors (Lipinski definition) is 0. The Bertz CT molecular complexity index is 754. The lowest BCUT2D eigenvalue weighted by atomic mass is 10.1. The molecule has 0 unspecified atom stereocenters. The highest BCUT2D eigenvalue weighted by Crippen LogP contribution is 2.42. The Labute approximate surface area is 120 Å². The Hall–Kier alpha value is -2.02. The summed E-state index contributed by atoms with van der Waals surface area (Å²) < 4.78 is 2.43. The first-order chi connectivity index (χ1) is 9.67. The lowest BCUT2D eigenvalue weighted by molar-refractivity contribution is 0.786. The molecule has 102 valence electrons. The summed E-state index contributed by atoms with van der Waals surface area (Å²) >= 11 is 0. The Kier molecular flexibility index (Phi) is 3.13. The predicted molar refractivity (Wildman–Crippen MR) is 88.0 cm³/mol. The topological polar surface area (TPSA) is 4.93 Å². The first-order valence-corrected chi connectivity index (χ1v) is 7.30. The van der Waals surface area contributed by atoms with Crippen molar-refractivity contribution in [3.05, 3.63) is 65.4 Å². The molecule has 0 spiro atoms. The van der Waals surface area contributed by atoms with E-state index >= 15 is 0 Å². The number of hydrogen-bond acceptors (Lipinski definition) is 0. The molecule has 1 aromatic carbocycles. The molecule has 1 aliphatic carbocycles. The number of nitrogens with zero attached hydrogens (tertiary/aromatic N) is 1. The van der Waals surface area contributed by atoms with Crippen molar-refractivity contribution in [3.8, 4) is 0 Å². The van der Waals surface area contributed by atoms with E-state index in [2.05, 4.69) is 68.3 Å². The fourth-order valence-corrected chi connectivity index (χ4v) is 3.22. The molecule has 0 saturated heterocycles. The number of benzene rings is 1. The van der Waals surface area contributed by atoms with Crippen LogP contribution in [0.5, 0.6) is 0 Å². The molecule has 0 amide bonds. The predicted octanol–water partition coefficient (Wildman–Crippen LogP) is 5.04. The van der Waals surface area contributed by atoms with Crippen molar-refractivity contribution in [1.82, 2.24) is 4.57 Å². The van der Waals surface area contributed by atoms with E-state index in [0.717, 1.165) is 13.0 Å². The summed E-state index contributed by atoms with van der Waals surface area (Å²) in [4.78, 5) is 0. The summed E-state index contributed by atoms with van der Waals surface area (Å²) in [5.41, 5.74) is 8.03. The van der Waals surface area contributed by atoms with Gasteiger partial charge >= 0.3 is 0 Å². The van der Waals surface area contributed by atoms with Gasteiger partial charge in [0.1, 0.15) is 0 Å². The van der Waals surface area contributed by atoms with E-state index in [9.17, 15) is 0 Å². The Balaban J connectivity index is 2.35. The summed E-state index contributed by atoms with van der Waals surface area (Å²) in [5.74, 6) is 0. The molecule has 1 nitrogen and oxygen atoms in total. The summed E-state index contributed by atoms with van der Waals surface area (Å²) in [6.45, 7) is 11.7. The maximum Gasteiger partial charge on any atom is 0.0529 e. The lowest BCUT2D eigenvalue weighted by Gasteiger charge is -2.09. The molecule has 1 aromatic heterocycles. The Morgan fingerprint density at radius 3 is 2.85 bits per heavy atom. The minimum absolute atomic E-state index is 0.978. The zero-order chi connectivity index (χ0) is 14.3. The molecule has 0 saturated carbocycles. The number of aromatic nitrogens is 1. The van der Waals surface area contributed by atoms with Gasteiger partial charge in [-0.25, -0.2) is 0 Å². The third-order valence-electron chi connectivity index (χ3n) is 4.12. The highest BCUT2D eigenvalue weighted by Gasteiger charge is 2.26. The van der Waals surface area contributed by atoms with Crippen LogP contribution in [0, 0.1) is 6.92 Å². The Morgan fingerprint density at radius 1 is 1.35 bits per heavy atom. The molecular weight excluding hydrogens is 242 g/mol. The van der Waals surface area contributed by atoms with E-state index < -0.39 is 0 Å². The second-order valence-corrected chi connectivity index (χ2v) is 5.48. The number of rotatable bonds is 2. The largest absolute Gasteiger partial charge is 0.341 e. The number of fused-ring (bicyclic) bond motifs is 3. The van der Waals surface area contributed by atoms with E-state index in [0.29, 0.717) is 0 Å². The van der Waals surface area contributed by atoms with Gasteiger partial charge in [0, 0.05) is 29.4 Å². The zero-order valence-corrected chi connectivity index (χ0v) is 12.5. The van der Waals surface area contributed by atoms with Gasteiger partial charge in [-0.2, -0.15) is 0 Å². The SMILES string of the molecule is C=C1Cc2c(n(CC)c3ccc(C)cc23)/C1=C/C=C\C. The van der Waals surface area contributed by atoms with Crippen LogP contribution in [0.4, 0.5) is 0 Å². The molecule has 0 fully saturated rings. The zero-order valence-electron chi connectivity index (χ0n) is 12.5. The van der Waals surface area contributed by atoms with Gasteiger partial charge in [-0.3, -0.25) is 0 Å². The van der Waals surface area contributed by atoms with E-state index in [1.807, 2.05) is 0 Å². The number of allylic oxidation sites excluding steroid dienone is 5. The van der Waals surface area contributed by atoms with Crippen molar-refractivity contribution in [2.45, 2.75) is 33.7 Å². The average molecular weight is 263 g/mol. The van der Waals surface area contributed by atoms with Gasteiger partial charge < -0.3 is 4.57 Å². The van der Waals surface area contributed by atoms with Crippen molar-refractivity contribution < 1.29 is 0 Å². The minimum atomic E-state index is 0.978. The van der Waals surface area contributed by atoms with E-state index in [1.54, 1.807) is 0 Å². The smallest absolute Gasteiger partial charge is 0.0529 e. The van der Waals surface area contributed by atoms with Crippen LogP contribution in [-0.4, -0.2) is 4.57 Å². The molecular formula is C19H21N. The van der Waals surface area contributed by atoms with Gasteiger partial charge in [-0.1, -0.05) is 36.4 Å². The van der Waals surface area contributed by atoms with Gasteiger partial charge in [0.15, 0.2) is 0 Å². The van der Waals surface area contributed by atoms with Crippen molar-refractivity contribution >= 4 is 16.5 Å². The second kappa shape index (κ2) is 4.82. The molecule has 2 aromatic rings. The Morgan fingerprint density at radius 2 is 2.15 bits per heavy atom. The van der Waals surface area contributed by atoms with Crippen molar-refractivity contribution in [2.75, 3.05) is 0 Å². The van der Waals surface area contributed by atoms with E-state index in [-0.39, 0.29) is 0 Å². The molecule has 1 heteroatoms. The van der Waals surface area contributed by atoms with Gasteiger partial charge in [0.2, 0.25) is 0 Å². The fraction of sp³-hybridized carbons (Fsp3) is 0.263. The first-order valence-electron chi connectivity index (χ1n) is 7.30. The van der Waals surface area contributed by atoms with Crippen LogP contribution < -0.4 is 0 Å². The highest BCUT2D eigenvalue weighted by atomic mass is 15.0. The summed E-state index contributed by atoms with van der Waals surface area (Å²) in [6, 6.07) is 6.77. The lowest BCUT2D eigenvalue weighted by Crippen LogP contribution is -1.98. The molecule has 0 bridgehead atoms. The van der Waals surface area contributed by atoms with Gasteiger partial charge in [-0.05, 0) is 44.0 Å². The molecule has 0 aliphatic heterocycles. The third-order valence-corrected chi connectivity index (χ3v) is 4.12. The summed E-state index contributed by atoms with van der Waals surface area (Å²) in [6.07, 6.45) is 7.36. The first kappa shape index (κ1) is 13.0. The maximum absolute atomic E-state index is 4.26. The summed E-state index contributed by atoms with van der Waals surface area (Å²) in [5, 5.41) is 1.40. The van der Waals surface area contributed by atoms with Crippen LogP contribution in [0.2, 0.25) is 0 Å². The molecule has 20 heavy (non-hydrogen) atoms. The van der Waals surface area contributed by atoms with Crippen molar-refractivity contribution in [1.29, 1.82) is 0 Å². The van der Waals surface area contributed by atoms with Crippen molar-refractivity contribution in [2.24, 2.45) is 0 Å². The van der Waals surface area contributed by atoms with Crippen molar-refractivity contribution in [3.63, 3.8) is 0 Å². The number of aryl methyl sites for hydroxylation is 2. The molecule has 1 aliphatic rings. The maximum atomic E-state index is 4.26. The van der Waals surface area contributed by atoms with E-state index in [4.69, 9.17) is 0 Å². The second-order valence-electron chi connectivity index (χ2n) is 5.48. The average Bonchev–Trinajstić information content (AvgIpc) is 2.90. The molecule has 1 heterocycles. The van der Waals surface area contributed by atoms with Crippen LogP contribution in [0.15, 0.2) is 48.6 Å². The normalized spacial score (nSPS) is 16.8. The molecule has 3 rings (SSSR count). The van der Waals surface area contributed by atoms with Crippen LogP contribution in [0.1, 0.15) is 30.7 Å². The minimum Gasteiger partial charge on any atom is -0.341 e. The highest BCUT2D eigenvalue weighted by molar-refractivity contribution is 5.98. The van der Waals surface area contributed by atoms with Gasteiger partial charge in [0.25, 0.3) is 0 Å². The van der Waals surface area contributed by atoms with Crippen LogP contribution in [0.3, 0.4) is 0 Å². The molecule has 0 N–H and O–H groups in total. The van der Waals surface area contributed by atoms with Crippen LogP contribution >= 0.6 is 0 Å². The summed E-state index contributed by atoms with van der Waals surface area (Å²) in [7, 11) is 0. The van der Waals surface area contributed by atoms with Crippen LogP contribution in [-0.2, 0) is 13.0 Å². The fourth-order valence-electron chi connectivity index (χ4n) is 3.22. The standard InChI is InChI=1S/C19H21N/c1-5-7-8-15-14(4)12-17-16-11-13(3)9-10-18(16)20(6-2)19(15)17/h5,7-11H,4,6,12H2,1-3H3/b7-5-,15-8+. The van der Waals surface area contributed by atoms with E-state index in [1.165, 1.54) is 38.9 Å². The third kappa shape index (κ3) is 1.77. The monoisotopic (exact) mass is 263 g/mol.